The van der Waals surface area contributed by atoms with Crippen LogP contribution in [0, 0.1) is 0 Å². The maximum Gasteiger partial charge on any atom is 0.233 e. The van der Waals surface area contributed by atoms with Crippen LogP contribution in [0.2, 0.25) is 0 Å². The van der Waals surface area contributed by atoms with Gasteiger partial charge in [-0.1, -0.05) is 63.2 Å². The second-order valence-electron chi connectivity index (χ2n) is 8.20. The van der Waals surface area contributed by atoms with Gasteiger partial charge in [0.1, 0.15) is 5.75 Å². The largest absolute Gasteiger partial charge is 0.508 e. The summed E-state index contributed by atoms with van der Waals surface area (Å²) in [6, 6.07) is 15.7. The van der Waals surface area contributed by atoms with Gasteiger partial charge in [-0.25, -0.2) is 0 Å². The highest BCUT2D eigenvalue weighted by Gasteiger charge is 2.52. The van der Waals surface area contributed by atoms with Gasteiger partial charge >= 0.3 is 0 Å². The lowest BCUT2D eigenvalue weighted by Crippen LogP contribution is -2.36. The number of nitrogens with zero attached hydrogens (tertiary/aromatic N) is 1. The summed E-state index contributed by atoms with van der Waals surface area (Å²) in [4.78, 5) is 14.8. The monoisotopic (exact) mass is 337 g/mol. The lowest BCUT2D eigenvalue weighted by atomic mass is 9.84. The summed E-state index contributed by atoms with van der Waals surface area (Å²) in [5.74, 6) is 0.376. The number of phenols is 1. The zero-order valence-corrected chi connectivity index (χ0v) is 15.5. The van der Waals surface area contributed by atoms with E-state index in [4.69, 9.17) is 0 Å². The molecular weight excluding hydrogens is 310 g/mol. The molecule has 1 aliphatic rings. The fraction of sp³-hybridized carbons (Fsp3) is 0.409. The molecule has 2 aromatic rings. The molecule has 0 unspecified atom stereocenters. The van der Waals surface area contributed by atoms with Crippen molar-refractivity contribution in [3.63, 3.8) is 0 Å². The number of hydrogen-bond acceptors (Lipinski definition) is 2. The summed E-state index contributed by atoms with van der Waals surface area (Å²) in [6.45, 7) is 7.01. The zero-order valence-electron chi connectivity index (χ0n) is 15.5. The van der Waals surface area contributed by atoms with E-state index >= 15 is 0 Å². The molecular formula is C22H27NO2. The van der Waals surface area contributed by atoms with Gasteiger partial charge in [-0.05, 0) is 35.4 Å². The lowest BCUT2D eigenvalue weighted by molar-refractivity contribution is -0.133. The van der Waals surface area contributed by atoms with Gasteiger partial charge in [-0.3, -0.25) is 4.79 Å². The Morgan fingerprint density at radius 1 is 1.08 bits per heavy atom. The lowest BCUT2D eigenvalue weighted by Gasteiger charge is -2.25. The zero-order chi connectivity index (χ0) is 18.2. The van der Waals surface area contributed by atoms with Crippen LogP contribution in [0.25, 0.3) is 0 Å². The Morgan fingerprint density at radius 3 is 2.20 bits per heavy atom. The van der Waals surface area contributed by atoms with Crippen molar-refractivity contribution in [1.82, 2.24) is 4.90 Å². The van der Waals surface area contributed by atoms with Gasteiger partial charge in [0.25, 0.3) is 0 Å². The minimum atomic E-state index is -0.379. The number of para-hydroxylation sites is 1. The average molecular weight is 337 g/mol. The number of hydrogen-bond donors (Lipinski definition) is 1. The molecule has 132 valence electrons. The van der Waals surface area contributed by atoms with Crippen molar-refractivity contribution in [2.24, 2.45) is 0 Å². The van der Waals surface area contributed by atoms with Gasteiger partial charge in [0.15, 0.2) is 0 Å². The summed E-state index contributed by atoms with van der Waals surface area (Å²) >= 11 is 0. The molecule has 3 heteroatoms. The molecule has 0 atom stereocenters. The van der Waals surface area contributed by atoms with Crippen molar-refractivity contribution < 1.29 is 9.90 Å². The van der Waals surface area contributed by atoms with Crippen molar-refractivity contribution in [2.75, 3.05) is 7.05 Å². The molecule has 0 heterocycles. The number of likely N-dealkylation sites (N-methyl/N-ethyl adjacent to an activating group) is 1. The van der Waals surface area contributed by atoms with Gasteiger partial charge in [-0.2, -0.15) is 0 Å². The van der Waals surface area contributed by atoms with Crippen LogP contribution >= 0.6 is 0 Å². The third-order valence-corrected chi connectivity index (χ3v) is 5.21. The molecule has 2 aromatic carbocycles. The highest BCUT2D eigenvalue weighted by molar-refractivity contribution is 5.91. The fourth-order valence-electron chi connectivity index (χ4n) is 3.38. The first-order chi connectivity index (χ1) is 11.7. The first-order valence-corrected chi connectivity index (χ1v) is 8.87. The van der Waals surface area contributed by atoms with Gasteiger partial charge in [0, 0.05) is 19.2 Å². The molecule has 0 aromatic heterocycles. The Labute approximate surface area is 150 Å². The number of phenolic OH excluding ortho intramolecular Hbond substituents is 1. The molecule has 1 fully saturated rings. The summed E-state index contributed by atoms with van der Waals surface area (Å²) in [6.07, 6.45) is 1.79. The summed E-state index contributed by atoms with van der Waals surface area (Å²) in [7, 11) is 1.82. The predicted molar refractivity (Wildman–Crippen MR) is 101 cm³/mol. The third-order valence-electron chi connectivity index (χ3n) is 5.21. The second-order valence-corrected chi connectivity index (χ2v) is 8.20. The molecule has 0 saturated heterocycles. The Balaban J connectivity index is 1.78. The average Bonchev–Trinajstić information content (AvgIpc) is 3.37. The van der Waals surface area contributed by atoms with Crippen LogP contribution in [-0.4, -0.2) is 23.0 Å². The Bertz CT molecular complexity index is 767. The first-order valence-electron chi connectivity index (χ1n) is 8.87. The Morgan fingerprint density at radius 2 is 1.68 bits per heavy atom. The van der Waals surface area contributed by atoms with Crippen LogP contribution in [0.5, 0.6) is 5.75 Å². The van der Waals surface area contributed by atoms with E-state index in [0.29, 0.717) is 6.54 Å². The highest BCUT2D eigenvalue weighted by Crippen LogP contribution is 2.50. The van der Waals surface area contributed by atoms with Gasteiger partial charge in [0.2, 0.25) is 5.91 Å². The standard InChI is InChI=1S/C22H27NO2/c1-21(2,3)17-9-11-18(12-10-17)22(13-14-22)20(25)23(4)15-16-7-5-6-8-19(16)24/h5-12,24H,13-15H2,1-4H3. The van der Waals surface area contributed by atoms with E-state index < -0.39 is 0 Å². The van der Waals surface area contributed by atoms with Crippen molar-refractivity contribution in [2.45, 2.75) is 51.0 Å². The highest BCUT2D eigenvalue weighted by atomic mass is 16.3. The predicted octanol–water partition coefficient (Wildman–Crippen LogP) is 4.38. The fourth-order valence-corrected chi connectivity index (χ4v) is 3.38. The SMILES string of the molecule is CN(Cc1ccccc1O)C(=O)C1(c2ccc(C(C)(C)C)cc2)CC1. The Kier molecular flexibility index (Phi) is 4.36. The molecule has 25 heavy (non-hydrogen) atoms. The van der Waals surface area contributed by atoms with Gasteiger partial charge < -0.3 is 10.0 Å². The van der Waals surface area contributed by atoms with E-state index in [-0.39, 0.29) is 22.5 Å². The quantitative estimate of drug-likeness (QED) is 0.899. The minimum Gasteiger partial charge on any atom is -0.508 e. The third kappa shape index (κ3) is 3.41. The summed E-state index contributed by atoms with van der Waals surface area (Å²) in [5, 5.41) is 9.95. The van der Waals surface area contributed by atoms with E-state index in [1.54, 1.807) is 17.0 Å². The molecule has 3 nitrogen and oxygen atoms in total. The number of amides is 1. The van der Waals surface area contributed by atoms with E-state index in [1.165, 1.54) is 5.56 Å². The summed E-state index contributed by atoms with van der Waals surface area (Å²) < 4.78 is 0. The number of carbonyl (C=O) groups is 1. The maximum absolute atomic E-state index is 13.1. The van der Waals surface area contributed by atoms with Crippen LogP contribution in [0.4, 0.5) is 0 Å². The van der Waals surface area contributed by atoms with E-state index in [0.717, 1.165) is 24.0 Å². The van der Waals surface area contributed by atoms with Crippen molar-refractivity contribution in [3.05, 3.63) is 65.2 Å². The first kappa shape index (κ1) is 17.5. The van der Waals surface area contributed by atoms with Crippen LogP contribution in [0.3, 0.4) is 0 Å². The van der Waals surface area contributed by atoms with Crippen molar-refractivity contribution in [1.29, 1.82) is 0 Å². The normalized spacial score (nSPS) is 15.7. The molecule has 0 bridgehead atoms. The second kappa shape index (κ2) is 6.21. The Hall–Kier alpha value is -2.29. The van der Waals surface area contributed by atoms with Crippen LogP contribution in [0.1, 0.15) is 50.3 Å². The van der Waals surface area contributed by atoms with E-state index in [2.05, 4.69) is 45.0 Å². The minimum absolute atomic E-state index is 0.112. The van der Waals surface area contributed by atoms with Crippen molar-refractivity contribution in [3.8, 4) is 5.75 Å². The van der Waals surface area contributed by atoms with Gasteiger partial charge in [-0.15, -0.1) is 0 Å². The number of benzene rings is 2. The molecule has 1 N–H and O–H groups in total. The molecule has 0 aliphatic heterocycles. The molecule has 1 amide bonds. The van der Waals surface area contributed by atoms with E-state index in [9.17, 15) is 9.90 Å². The molecule has 3 rings (SSSR count). The molecule has 1 aliphatic carbocycles. The summed E-state index contributed by atoms with van der Waals surface area (Å²) in [5.41, 5.74) is 2.89. The number of carbonyl (C=O) groups excluding carboxylic acids is 1. The van der Waals surface area contributed by atoms with Crippen LogP contribution < -0.4 is 0 Å². The molecule has 0 radical (unpaired) electrons. The smallest absolute Gasteiger partial charge is 0.233 e. The topological polar surface area (TPSA) is 40.5 Å². The van der Waals surface area contributed by atoms with Gasteiger partial charge in [0.05, 0.1) is 5.41 Å². The molecule has 1 saturated carbocycles. The maximum atomic E-state index is 13.1. The van der Waals surface area contributed by atoms with Crippen molar-refractivity contribution >= 4 is 5.91 Å². The van der Waals surface area contributed by atoms with E-state index in [1.807, 2.05) is 19.2 Å². The number of rotatable bonds is 4. The molecule has 0 spiro atoms. The van der Waals surface area contributed by atoms with Crippen LogP contribution in [0.15, 0.2) is 48.5 Å². The van der Waals surface area contributed by atoms with Crippen LogP contribution in [-0.2, 0) is 22.2 Å². The number of aromatic hydroxyl groups is 1.